The van der Waals surface area contributed by atoms with Crippen LogP contribution in [0.4, 0.5) is 0 Å². The zero-order valence-electron chi connectivity index (χ0n) is 13.1. The van der Waals surface area contributed by atoms with E-state index in [0.717, 1.165) is 0 Å². The van der Waals surface area contributed by atoms with Gasteiger partial charge in [0.05, 0.1) is 5.56 Å². The van der Waals surface area contributed by atoms with Gasteiger partial charge in [0, 0.05) is 51.0 Å². The number of nitrogens with zero attached hydrogens (tertiary/aromatic N) is 4. The zero-order chi connectivity index (χ0) is 16.2. The quantitative estimate of drug-likeness (QED) is 0.861. The van der Waals surface area contributed by atoms with Crippen LogP contribution >= 0.6 is 0 Å². The van der Waals surface area contributed by atoms with Crippen molar-refractivity contribution in [2.45, 2.75) is 13.0 Å². The topological polar surface area (TPSA) is 58.4 Å². The Bertz CT molecular complexity index is 661. The van der Waals surface area contributed by atoms with E-state index in [1.54, 1.807) is 29.4 Å². The summed E-state index contributed by atoms with van der Waals surface area (Å²) < 4.78 is 1.90. The third-order valence-corrected chi connectivity index (χ3v) is 4.22. The summed E-state index contributed by atoms with van der Waals surface area (Å²) in [5.74, 6) is 0.0679. The van der Waals surface area contributed by atoms with Crippen molar-refractivity contribution in [2.24, 2.45) is 0 Å². The first-order chi connectivity index (χ1) is 11.2. The number of amides is 2. The van der Waals surface area contributed by atoms with Gasteiger partial charge in [-0.25, -0.2) is 0 Å². The molecular weight excluding hydrogens is 292 g/mol. The van der Waals surface area contributed by atoms with Crippen LogP contribution in [0.15, 0.2) is 49.1 Å². The molecule has 0 radical (unpaired) electrons. The Labute approximate surface area is 135 Å². The Balaban J connectivity index is 1.58. The van der Waals surface area contributed by atoms with Crippen LogP contribution in [0.2, 0.25) is 0 Å². The van der Waals surface area contributed by atoms with Crippen molar-refractivity contribution in [3.8, 4) is 0 Å². The highest BCUT2D eigenvalue weighted by atomic mass is 16.2. The molecular formula is C17H20N4O2. The summed E-state index contributed by atoms with van der Waals surface area (Å²) in [6.45, 7) is 4.14. The molecule has 2 aromatic rings. The molecule has 0 aliphatic carbocycles. The molecule has 0 saturated carbocycles. The molecule has 0 N–H and O–H groups in total. The van der Waals surface area contributed by atoms with Crippen molar-refractivity contribution in [3.05, 3.63) is 54.6 Å². The average molecular weight is 312 g/mol. The van der Waals surface area contributed by atoms with Gasteiger partial charge in [-0.2, -0.15) is 0 Å². The van der Waals surface area contributed by atoms with Crippen LogP contribution in [0.3, 0.4) is 0 Å². The number of rotatable bonds is 3. The first kappa shape index (κ1) is 15.3. The first-order valence-electron chi connectivity index (χ1n) is 7.77. The van der Waals surface area contributed by atoms with Crippen molar-refractivity contribution in [3.63, 3.8) is 0 Å². The number of hydrogen-bond acceptors (Lipinski definition) is 3. The Kier molecular flexibility index (Phi) is 4.41. The van der Waals surface area contributed by atoms with Gasteiger partial charge in [-0.15, -0.1) is 0 Å². The smallest absolute Gasteiger partial charge is 0.255 e. The van der Waals surface area contributed by atoms with Gasteiger partial charge in [-0.1, -0.05) is 0 Å². The number of pyridine rings is 1. The third-order valence-electron chi connectivity index (χ3n) is 4.22. The highest BCUT2D eigenvalue weighted by molar-refractivity contribution is 5.94. The van der Waals surface area contributed by atoms with Crippen LogP contribution < -0.4 is 0 Å². The normalized spacial score (nSPS) is 16.2. The maximum atomic E-state index is 12.5. The standard InChI is InChI=1S/C17H20N4O2/c1-14(19-7-2-3-8-19)16(22)20-9-11-21(12-10-20)17(23)15-5-4-6-18-13-15/h2-8,13-14H,9-12H2,1H3/t14-/m0/s1. The maximum absolute atomic E-state index is 12.5. The summed E-state index contributed by atoms with van der Waals surface area (Å²) in [4.78, 5) is 32.5. The van der Waals surface area contributed by atoms with Gasteiger partial charge in [-0.05, 0) is 31.2 Å². The van der Waals surface area contributed by atoms with Crippen molar-refractivity contribution >= 4 is 11.8 Å². The van der Waals surface area contributed by atoms with Crippen molar-refractivity contribution in [2.75, 3.05) is 26.2 Å². The van der Waals surface area contributed by atoms with Crippen molar-refractivity contribution < 1.29 is 9.59 Å². The third kappa shape index (κ3) is 3.26. The average Bonchev–Trinajstić information content (AvgIpc) is 3.15. The molecule has 0 unspecified atom stereocenters. The minimum absolute atomic E-state index is 0.0244. The van der Waals surface area contributed by atoms with E-state index in [-0.39, 0.29) is 17.9 Å². The van der Waals surface area contributed by atoms with Gasteiger partial charge in [-0.3, -0.25) is 14.6 Å². The predicted molar refractivity (Wildman–Crippen MR) is 85.9 cm³/mol. The molecule has 1 saturated heterocycles. The molecule has 1 aliphatic heterocycles. The fourth-order valence-corrected chi connectivity index (χ4v) is 2.80. The van der Waals surface area contributed by atoms with Crippen LogP contribution in [0.25, 0.3) is 0 Å². The lowest BCUT2D eigenvalue weighted by Crippen LogP contribution is -2.51. The van der Waals surface area contributed by atoms with E-state index in [0.29, 0.717) is 31.7 Å². The SMILES string of the molecule is C[C@@H](C(=O)N1CCN(C(=O)c2cccnc2)CC1)n1cccc1. The molecule has 23 heavy (non-hydrogen) atoms. The van der Waals surface area contributed by atoms with Crippen LogP contribution in [0.1, 0.15) is 23.3 Å². The number of carbonyl (C=O) groups excluding carboxylic acids is 2. The molecule has 1 aliphatic rings. The second kappa shape index (κ2) is 6.64. The predicted octanol–water partition coefficient (Wildman–Crippen LogP) is 1.43. The molecule has 6 heteroatoms. The molecule has 0 aromatic carbocycles. The van der Waals surface area contributed by atoms with Gasteiger partial charge < -0.3 is 14.4 Å². The second-order valence-corrected chi connectivity index (χ2v) is 5.67. The summed E-state index contributed by atoms with van der Waals surface area (Å²) in [5, 5.41) is 0. The van der Waals surface area contributed by atoms with E-state index in [4.69, 9.17) is 0 Å². The van der Waals surface area contributed by atoms with Gasteiger partial charge in [0.15, 0.2) is 0 Å². The fraction of sp³-hybridized carbons (Fsp3) is 0.353. The molecule has 6 nitrogen and oxygen atoms in total. The molecule has 1 atom stereocenters. The summed E-state index contributed by atoms with van der Waals surface area (Å²) in [6.07, 6.45) is 7.01. The monoisotopic (exact) mass is 312 g/mol. The van der Waals surface area contributed by atoms with E-state index in [2.05, 4.69) is 4.98 Å². The number of hydrogen-bond donors (Lipinski definition) is 0. The Morgan fingerprint density at radius 2 is 1.70 bits per heavy atom. The summed E-state index contributed by atoms with van der Waals surface area (Å²) in [7, 11) is 0. The molecule has 1 fully saturated rings. The Morgan fingerprint density at radius 1 is 1.04 bits per heavy atom. The number of carbonyl (C=O) groups is 2. The molecule has 2 amide bonds. The summed E-state index contributed by atoms with van der Waals surface area (Å²) in [6, 6.07) is 7.13. The van der Waals surface area contributed by atoms with Crippen LogP contribution in [0.5, 0.6) is 0 Å². The van der Waals surface area contributed by atoms with Crippen molar-refractivity contribution in [1.29, 1.82) is 0 Å². The van der Waals surface area contributed by atoms with Crippen molar-refractivity contribution in [1.82, 2.24) is 19.4 Å². The van der Waals surface area contributed by atoms with E-state index in [1.165, 1.54) is 0 Å². The van der Waals surface area contributed by atoms with Crippen LogP contribution in [-0.4, -0.2) is 57.3 Å². The first-order valence-corrected chi connectivity index (χ1v) is 7.77. The largest absolute Gasteiger partial charge is 0.342 e. The van der Waals surface area contributed by atoms with Gasteiger partial charge in [0.25, 0.3) is 5.91 Å². The molecule has 3 heterocycles. The van der Waals surface area contributed by atoms with E-state index < -0.39 is 0 Å². The van der Waals surface area contributed by atoms with E-state index >= 15 is 0 Å². The molecule has 3 rings (SSSR count). The minimum Gasteiger partial charge on any atom is -0.342 e. The highest BCUT2D eigenvalue weighted by Gasteiger charge is 2.27. The van der Waals surface area contributed by atoms with E-state index in [9.17, 15) is 9.59 Å². The molecule has 120 valence electrons. The summed E-state index contributed by atoms with van der Waals surface area (Å²) >= 11 is 0. The van der Waals surface area contributed by atoms with E-state index in [1.807, 2.05) is 40.9 Å². The molecule has 2 aromatic heterocycles. The number of aromatic nitrogens is 2. The van der Waals surface area contributed by atoms with Gasteiger partial charge in [0.2, 0.25) is 5.91 Å². The Hall–Kier alpha value is -2.63. The highest BCUT2D eigenvalue weighted by Crippen LogP contribution is 2.14. The minimum atomic E-state index is -0.217. The zero-order valence-corrected chi connectivity index (χ0v) is 13.1. The summed E-state index contributed by atoms with van der Waals surface area (Å²) in [5.41, 5.74) is 0.591. The fourth-order valence-electron chi connectivity index (χ4n) is 2.80. The Morgan fingerprint density at radius 3 is 2.30 bits per heavy atom. The van der Waals surface area contributed by atoms with Crippen LogP contribution in [-0.2, 0) is 4.79 Å². The maximum Gasteiger partial charge on any atom is 0.255 e. The molecule has 0 bridgehead atoms. The van der Waals surface area contributed by atoms with Gasteiger partial charge in [0.1, 0.15) is 6.04 Å². The lowest BCUT2D eigenvalue weighted by atomic mass is 10.2. The van der Waals surface area contributed by atoms with Crippen LogP contribution in [0, 0.1) is 0 Å². The van der Waals surface area contributed by atoms with Gasteiger partial charge >= 0.3 is 0 Å². The number of piperazine rings is 1. The lowest BCUT2D eigenvalue weighted by molar-refractivity contribution is -0.135. The molecule has 0 spiro atoms. The second-order valence-electron chi connectivity index (χ2n) is 5.67. The lowest BCUT2D eigenvalue weighted by Gasteiger charge is -2.36.